The third-order valence-electron chi connectivity index (χ3n) is 2.43. The molecule has 1 atom stereocenters. The molecular weight excluding hydrogens is 232 g/mol. The minimum atomic E-state index is -0.960. The maximum absolute atomic E-state index is 11.4. The van der Waals surface area contributed by atoms with E-state index in [0.29, 0.717) is 6.42 Å². The van der Waals surface area contributed by atoms with Crippen LogP contribution in [0.1, 0.15) is 31.2 Å². The van der Waals surface area contributed by atoms with E-state index in [4.69, 9.17) is 5.11 Å². The summed E-state index contributed by atoms with van der Waals surface area (Å²) in [5.74, 6) is -1.20. The number of nitrogens with zero attached hydrogens (tertiary/aromatic N) is 1. The van der Waals surface area contributed by atoms with E-state index in [-0.39, 0.29) is 24.8 Å². The number of hydrogen-bond acceptors (Lipinski definition) is 3. The third kappa shape index (κ3) is 5.43. The van der Waals surface area contributed by atoms with E-state index in [1.54, 1.807) is 0 Å². The lowest BCUT2D eigenvalue weighted by molar-refractivity contribution is -0.138. The Labute approximate surface area is 106 Å². The molecule has 0 spiro atoms. The molecule has 98 valence electrons. The maximum atomic E-state index is 11.4. The van der Waals surface area contributed by atoms with Crippen molar-refractivity contribution in [1.82, 2.24) is 10.3 Å². The van der Waals surface area contributed by atoms with E-state index >= 15 is 0 Å². The van der Waals surface area contributed by atoms with Gasteiger partial charge in [-0.05, 0) is 26.0 Å². The van der Waals surface area contributed by atoms with Crippen LogP contribution in [0.4, 0.5) is 0 Å². The fraction of sp³-hybridized carbons (Fsp3) is 0.462. The molecule has 0 saturated carbocycles. The van der Waals surface area contributed by atoms with Gasteiger partial charge in [0.25, 0.3) is 0 Å². The third-order valence-corrected chi connectivity index (χ3v) is 2.43. The standard InChI is InChI=1S/C13H18N2O3/c1-9-4-3-5-11(14-9)8-10(2)15-12(16)6-7-13(17)18/h3-5,10H,6-8H2,1-2H3,(H,15,16)(H,17,18)/t10-/m1/s1. The van der Waals surface area contributed by atoms with Gasteiger partial charge in [-0.3, -0.25) is 14.6 Å². The van der Waals surface area contributed by atoms with Gasteiger partial charge in [0.05, 0.1) is 6.42 Å². The summed E-state index contributed by atoms with van der Waals surface area (Å²) in [5.41, 5.74) is 1.86. The van der Waals surface area contributed by atoms with Crippen molar-refractivity contribution < 1.29 is 14.7 Å². The first-order chi connectivity index (χ1) is 8.47. The molecule has 5 nitrogen and oxygen atoms in total. The van der Waals surface area contributed by atoms with Crippen molar-refractivity contribution in [2.45, 2.75) is 39.2 Å². The smallest absolute Gasteiger partial charge is 0.303 e. The zero-order valence-corrected chi connectivity index (χ0v) is 10.6. The number of aromatic nitrogens is 1. The molecule has 0 aliphatic rings. The molecule has 0 fully saturated rings. The second-order valence-corrected chi connectivity index (χ2v) is 4.34. The van der Waals surface area contributed by atoms with Gasteiger partial charge in [0, 0.05) is 30.3 Å². The number of hydrogen-bond donors (Lipinski definition) is 2. The number of nitrogens with one attached hydrogen (secondary N) is 1. The topological polar surface area (TPSA) is 79.3 Å². The highest BCUT2D eigenvalue weighted by molar-refractivity contribution is 5.80. The Balaban J connectivity index is 2.39. The molecule has 1 aromatic heterocycles. The summed E-state index contributed by atoms with van der Waals surface area (Å²) in [6, 6.07) is 5.70. The van der Waals surface area contributed by atoms with Crippen LogP contribution in [0.2, 0.25) is 0 Å². The molecular formula is C13H18N2O3. The molecule has 5 heteroatoms. The van der Waals surface area contributed by atoms with E-state index in [1.165, 1.54) is 0 Å². The number of aryl methyl sites for hydroxylation is 1. The van der Waals surface area contributed by atoms with Crippen molar-refractivity contribution in [2.24, 2.45) is 0 Å². The molecule has 1 rings (SSSR count). The number of aliphatic carboxylic acids is 1. The van der Waals surface area contributed by atoms with Gasteiger partial charge in [0.15, 0.2) is 0 Å². The molecule has 0 aliphatic carbocycles. The van der Waals surface area contributed by atoms with Crippen molar-refractivity contribution >= 4 is 11.9 Å². The summed E-state index contributed by atoms with van der Waals surface area (Å²) in [5, 5.41) is 11.2. The fourth-order valence-corrected chi connectivity index (χ4v) is 1.65. The molecule has 0 saturated heterocycles. The highest BCUT2D eigenvalue weighted by Crippen LogP contribution is 2.02. The van der Waals surface area contributed by atoms with Crippen LogP contribution >= 0.6 is 0 Å². The van der Waals surface area contributed by atoms with Gasteiger partial charge in [0.1, 0.15) is 0 Å². The molecule has 0 bridgehead atoms. The Morgan fingerprint density at radius 1 is 1.39 bits per heavy atom. The average Bonchev–Trinajstić information content (AvgIpc) is 2.26. The number of carbonyl (C=O) groups excluding carboxylic acids is 1. The Bertz CT molecular complexity index is 432. The van der Waals surface area contributed by atoms with E-state index < -0.39 is 5.97 Å². The second kappa shape index (κ2) is 6.74. The van der Waals surface area contributed by atoms with Crippen molar-refractivity contribution in [1.29, 1.82) is 0 Å². The number of carboxylic acid groups (broad SMARTS) is 1. The largest absolute Gasteiger partial charge is 0.481 e. The van der Waals surface area contributed by atoms with Gasteiger partial charge < -0.3 is 10.4 Å². The first-order valence-corrected chi connectivity index (χ1v) is 5.91. The van der Waals surface area contributed by atoms with Crippen molar-refractivity contribution in [3.05, 3.63) is 29.6 Å². The Hall–Kier alpha value is -1.91. The molecule has 0 unspecified atom stereocenters. The van der Waals surface area contributed by atoms with E-state index in [1.807, 2.05) is 32.0 Å². The minimum absolute atomic E-state index is 0.0148. The molecule has 0 aromatic carbocycles. The summed E-state index contributed by atoms with van der Waals surface area (Å²) >= 11 is 0. The molecule has 1 heterocycles. The highest BCUT2D eigenvalue weighted by atomic mass is 16.4. The van der Waals surface area contributed by atoms with Crippen molar-refractivity contribution in [2.75, 3.05) is 0 Å². The lowest BCUT2D eigenvalue weighted by Crippen LogP contribution is -2.34. The van der Waals surface area contributed by atoms with Crippen LogP contribution in [-0.2, 0) is 16.0 Å². The molecule has 18 heavy (non-hydrogen) atoms. The van der Waals surface area contributed by atoms with Crippen LogP contribution in [0.3, 0.4) is 0 Å². The zero-order chi connectivity index (χ0) is 13.5. The lowest BCUT2D eigenvalue weighted by atomic mass is 10.1. The molecule has 0 aliphatic heterocycles. The van der Waals surface area contributed by atoms with Gasteiger partial charge in [-0.25, -0.2) is 0 Å². The lowest BCUT2D eigenvalue weighted by Gasteiger charge is -2.13. The summed E-state index contributed by atoms with van der Waals surface area (Å²) < 4.78 is 0. The number of carboxylic acids is 1. The summed E-state index contributed by atoms with van der Waals surface area (Å²) in [4.78, 5) is 26.1. The van der Waals surface area contributed by atoms with Gasteiger partial charge in [-0.2, -0.15) is 0 Å². The van der Waals surface area contributed by atoms with Crippen LogP contribution < -0.4 is 5.32 Å². The Kier molecular flexibility index (Phi) is 5.30. The predicted octanol–water partition coefficient (Wildman–Crippen LogP) is 1.30. The molecule has 2 N–H and O–H groups in total. The number of rotatable bonds is 6. The highest BCUT2D eigenvalue weighted by Gasteiger charge is 2.10. The SMILES string of the molecule is Cc1cccc(C[C@@H](C)NC(=O)CCC(=O)O)n1. The summed E-state index contributed by atoms with van der Waals surface area (Å²) in [6.07, 6.45) is 0.517. The van der Waals surface area contributed by atoms with Gasteiger partial charge in [-0.1, -0.05) is 6.07 Å². The zero-order valence-electron chi connectivity index (χ0n) is 10.6. The number of pyridine rings is 1. The van der Waals surface area contributed by atoms with Crippen LogP contribution in [0, 0.1) is 6.92 Å². The summed E-state index contributed by atoms with van der Waals surface area (Å²) in [7, 11) is 0. The van der Waals surface area contributed by atoms with Crippen LogP contribution in [0.5, 0.6) is 0 Å². The van der Waals surface area contributed by atoms with Crippen molar-refractivity contribution in [3.8, 4) is 0 Å². The van der Waals surface area contributed by atoms with E-state index in [2.05, 4.69) is 10.3 Å². The Morgan fingerprint density at radius 2 is 2.11 bits per heavy atom. The van der Waals surface area contributed by atoms with Crippen LogP contribution in [0.25, 0.3) is 0 Å². The maximum Gasteiger partial charge on any atom is 0.303 e. The quantitative estimate of drug-likeness (QED) is 0.797. The average molecular weight is 250 g/mol. The van der Waals surface area contributed by atoms with Gasteiger partial charge >= 0.3 is 5.97 Å². The first-order valence-electron chi connectivity index (χ1n) is 5.91. The second-order valence-electron chi connectivity index (χ2n) is 4.34. The first kappa shape index (κ1) is 14.2. The van der Waals surface area contributed by atoms with Crippen molar-refractivity contribution in [3.63, 3.8) is 0 Å². The molecule has 1 aromatic rings. The fourth-order valence-electron chi connectivity index (χ4n) is 1.65. The van der Waals surface area contributed by atoms with Crippen LogP contribution in [-0.4, -0.2) is 28.0 Å². The van der Waals surface area contributed by atoms with E-state index in [0.717, 1.165) is 11.4 Å². The Morgan fingerprint density at radius 3 is 2.72 bits per heavy atom. The molecule has 1 amide bonds. The number of carbonyl (C=O) groups is 2. The van der Waals surface area contributed by atoms with E-state index in [9.17, 15) is 9.59 Å². The van der Waals surface area contributed by atoms with Gasteiger partial charge in [-0.15, -0.1) is 0 Å². The number of amides is 1. The molecule has 0 radical (unpaired) electrons. The van der Waals surface area contributed by atoms with Crippen LogP contribution in [0.15, 0.2) is 18.2 Å². The van der Waals surface area contributed by atoms with Gasteiger partial charge in [0.2, 0.25) is 5.91 Å². The minimum Gasteiger partial charge on any atom is -0.481 e. The normalized spacial score (nSPS) is 11.9. The summed E-state index contributed by atoms with van der Waals surface area (Å²) in [6.45, 7) is 3.79. The predicted molar refractivity (Wildman–Crippen MR) is 67.2 cm³/mol. The monoisotopic (exact) mass is 250 g/mol.